The summed E-state index contributed by atoms with van der Waals surface area (Å²) in [5, 5.41) is 12.0. The number of hydrogen-bond acceptors (Lipinski definition) is 3. The van der Waals surface area contributed by atoms with Gasteiger partial charge in [-0.1, -0.05) is 0 Å². The molecule has 1 saturated carbocycles. The highest BCUT2D eigenvalue weighted by atomic mass is 16.4. The first-order valence-electron chi connectivity index (χ1n) is 6.84. The average molecular weight is 269 g/mol. The third kappa shape index (κ3) is 3.00. The number of likely N-dealkylation sites (tertiary alicyclic amines) is 1. The first-order chi connectivity index (χ1) is 8.82. The van der Waals surface area contributed by atoms with Crippen molar-refractivity contribution in [2.75, 3.05) is 20.1 Å². The van der Waals surface area contributed by atoms with Crippen molar-refractivity contribution in [1.82, 2.24) is 15.1 Å². The third-order valence-electron chi connectivity index (χ3n) is 4.28. The molecule has 0 radical (unpaired) electrons. The largest absolute Gasteiger partial charge is 0.480 e. The second kappa shape index (κ2) is 5.00. The third-order valence-corrected chi connectivity index (χ3v) is 4.28. The van der Waals surface area contributed by atoms with Crippen LogP contribution in [0.1, 0.15) is 33.1 Å². The maximum atomic E-state index is 12.1. The van der Waals surface area contributed by atoms with E-state index in [1.165, 1.54) is 38.6 Å². The number of carbonyl (C=O) groups is 2. The molecule has 2 fully saturated rings. The summed E-state index contributed by atoms with van der Waals surface area (Å²) in [6, 6.07) is 0.547. The molecule has 1 atom stereocenters. The molecule has 1 saturated heterocycles. The molecule has 2 rings (SSSR count). The van der Waals surface area contributed by atoms with Gasteiger partial charge < -0.3 is 15.3 Å². The Balaban J connectivity index is 1.85. The summed E-state index contributed by atoms with van der Waals surface area (Å²) in [7, 11) is 1.52. The molecule has 6 nitrogen and oxygen atoms in total. The van der Waals surface area contributed by atoms with E-state index < -0.39 is 11.5 Å². The second-order valence-electron chi connectivity index (χ2n) is 6.08. The van der Waals surface area contributed by atoms with Crippen LogP contribution in [0.5, 0.6) is 0 Å². The van der Waals surface area contributed by atoms with E-state index in [0.29, 0.717) is 0 Å². The summed E-state index contributed by atoms with van der Waals surface area (Å²) in [5.41, 5.74) is -1.20. The normalized spacial score (nSPS) is 24.3. The van der Waals surface area contributed by atoms with Crippen molar-refractivity contribution in [2.24, 2.45) is 0 Å². The van der Waals surface area contributed by atoms with Gasteiger partial charge >= 0.3 is 12.0 Å². The predicted molar refractivity (Wildman–Crippen MR) is 71.0 cm³/mol. The van der Waals surface area contributed by atoms with E-state index in [9.17, 15) is 9.59 Å². The fourth-order valence-electron chi connectivity index (χ4n) is 2.35. The van der Waals surface area contributed by atoms with Crippen molar-refractivity contribution in [2.45, 2.75) is 50.7 Å². The van der Waals surface area contributed by atoms with Crippen LogP contribution in [-0.2, 0) is 4.79 Å². The van der Waals surface area contributed by atoms with E-state index in [-0.39, 0.29) is 12.1 Å². The molecule has 0 bridgehead atoms. The molecule has 0 aromatic heterocycles. The average Bonchev–Trinajstić information content (AvgIpc) is 3.09. The standard InChI is InChI=1S/C13H23N3O3/c1-13(2,11(17)18)15(3)12(19)14-9-6-7-16(8-9)10-4-5-10/h9-10H,4-8H2,1-3H3,(H,14,19)(H,17,18). The summed E-state index contributed by atoms with van der Waals surface area (Å²) in [4.78, 5) is 26.9. The molecule has 19 heavy (non-hydrogen) atoms. The van der Waals surface area contributed by atoms with Gasteiger partial charge in [0.05, 0.1) is 0 Å². The quantitative estimate of drug-likeness (QED) is 0.789. The van der Waals surface area contributed by atoms with Crippen LogP contribution < -0.4 is 5.32 Å². The highest BCUT2D eigenvalue weighted by Crippen LogP contribution is 2.29. The van der Waals surface area contributed by atoms with Gasteiger partial charge in [0, 0.05) is 32.2 Å². The number of nitrogens with one attached hydrogen (secondary N) is 1. The molecular formula is C13H23N3O3. The van der Waals surface area contributed by atoms with Crippen molar-refractivity contribution in [3.05, 3.63) is 0 Å². The van der Waals surface area contributed by atoms with E-state index in [1.54, 1.807) is 0 Å². The molecule has 6 heteroatoms. The first kappa shape index (κ1) is 14.1. The number of carboxylic acids is 1. The summed E-state index contributed by atoms with van der Waals surface area (Å²) >= 11 is 0. The van der Waals surface area contributed by atoms with Gasteiger partial charge in [-0.3, -0.25) is 4.90 Å². The van der Waals surface area contributed by atoms with Gasteiger partial charge in [0.2, 0.25) is 0 Å². The smallest absolute Gasteiger partial charge is 0.329 e. The number of urea groups is 1. The molecule has 1 aliphatic heterocycles. The van der Waals surface area contributed by atoms with Crippen LogP contribution in [0.4, 0.5) is 4.79 Å². The van der Waals surface area contributed by atoms with Crippen LogP contribution in [0.2, 0.25) is 0 Å². The van der Waals surface area contributed by atoms with Crippen LogP contribution in [0.15, 0.2) is 0 Å². The Labute approximate surface area is 113 Å². The van der Waals surface area contributed by atoms with E-state index in [1.807, 2.05) is 0 Å². The maximum Gasteiger partial charge on any atom is 0.329 e. The number of carbonyl (C=O) groups excluding carboxylic acids is 1. The van der Waals surface area contributed by atoms with Crippen molar-refractivity contribution < 1.29 is 14.7 Å². The van der Waals surface area contributed by atoms with Crippen LogP contribution in [0.3, 0.4) is 0 Å². The highest BCUT2D eigenvalue weighted by molar-refractivity contribution is 5.85. The molecule has 0 aromatic carbocycles. The fourth-order valence-corrected chi connectivity index (χ4v) is 2.35. The van der Waals surface area contributed by atoms with Gasteiger partial charge in [-0.2, -0.15) is 0 Å². The number of rotatable bonds is 4. The minimum atomic E-state index is -1.20. The Bertz CT molecular complexity index is 379. The minimum Gasteiger partial charge on any atom is -0.480 e. The lowest BCUT2D eigenvalue weighted by atomic mass is 10.0. The molecule has 1 unspecified atom stereocenters. The van der Waals surface area contributed by atoms with Crippen LogP contribution in [0, 0.1) is 0 Å². The summed E-state index contributed by atoms with van der Waals surface area (Å²) < 4.78 is 0. The molecule has 2 N–H and O–H groups in total. The zero-order valence-corrected chi connectivity index (χ0v) is 11.8. The van der Waals surface area contributed by atoms with Gasteiger partial charge in [-0.05, 0) is 33.1 Å². The Morgan fingerprint density at radius 1 is 1.32 bits per heavy atom. The van der Waals surface area contributed by atoms with Crippen molar-refractivity contribution >= 4 is 12.0 Å². The molecule has 2 aliphatic rings. The van der Waals surface area contributed by atoms with Crippen LogP contribution >= 0.6 is 0 Å². The van der Waals surface area contributed by atoms with Gasteiger partial charge in [0.25, 0.3) is 0 Å². The van der Waals surface area contributed by atoms with E-state index in [2.05, 4.69) is 10.2 Å². The lowest BCUT2D eigenvalue weighted by molar-refractivity contribution is -0.146. The molecule has 0 aromatic rings. The zero-order chi connectivity index (χ0) is 14.2. The predicted octanol–water partition coefficient (Wildman–Crippen LogP) is 0.728. The second-order valence-corrected chi connectivity index (χ2v) is 6.08. The topological polar surface area (TPSA) is 72.9 Å². The molecule has 108 valence electrons. The molecule has 1 aliphatic carbocycles. The Morgan fingerprint density at radius 3 is 2.47 bits per heavy atom. The number of aliphatic carboxylic acids is 1. The molecular weight excluding hydrogens is 246 g/mol. The summed E-state index contributed by atoms with van der Waals surface area (Å²) in [5.74, 6) is -1.00. The van der Waals surface area contributed by atoms with Gasteiger partial charge in [0.1, 0.15) is 5.54 Å². The molecule has 1 heterocycles. The number of amides is 2. The van der Waals surface area contributed by atoms with E-state index in [0.717, 1.165) is 25.6 Å². The van der Waals surface area contributed by atoms with Gasteiger partial charge in [-0.25, -0.2) is 9.59 Å². The number of likely N-dealkylation sites (N-methyl/N-ethyl adjacent to an activating group) is 1. The Kier molecular flexibility index (Phi) is 3.71. The first-order valence-corrected chi connectivity index (χ1v) is 6.84. The number of hydrogen-bond donors (Lipinski definition) is 2. The highest BCUT2D eigenvalue weighted by Gasteiger charge is 2.38. The van der Waals surface area contributed by atoms with Crippen molar-refractivity contribution in [3.8, 4) is 0 Å². The fraction of sp³-hybridized carbons (Fsp3) is 0.846. The lowest BCUT2D eigenvalue weighted by Gasteiger charge is -2.32. The van der Waals surface area contributed by atoms with Crippen molar-refractivity contribution in [1.29, 1.82) is 0 Å². The molecule has 0 spiro atoms. The van der Waals surface area contributed by atoms with Crippen molar-refractivity contribution in [3.63, 3.8) is 0 Å². The van der Waals surface area contributed by atoms with E-state index in [4.69, 9.17) is 5.11 Å². The summed E-state index contributed by atoms with van der Waals surface area (Å²) in [6.07, 6.45) is 3.49. The van der Waals surface area contributed by atoms with Crippen LogP contribution in [0.25, 0.3) is 0 Å². The van der Waals surface area contributed by atoms with E-state index >= 15 is 0 Å². The Hall–Kier alpha value is -1.30. The SMILES string of the molecule is CN(C(=O)NC1CCN(C2CC2)C1)C(C)(C)C(=O)O. The van der Waals surface area contributed by atoms with Gasteiger partial charge in [0.15, 0.2) is 0 Å². The minimum absolute atomic E-state index is 0.139. The zero-order valence-electron chi connectivity index (χ0n) is 11.8. The lowest BCUT2D eigenvalue weighted by Crippen LogP contribution is -2.56. The number of nitrogens with zero attached hydrogens (tertiary/aromatic N) is 2. The monoisotopic (exact) mass is 269 g/mol. The number of carboxylic acid groups (broad SMARTS) is 1. The van der Waals surface area contributed by atoms with Gasteiger partial charge in [-0.15, -0.1) is 0 Å². The van der Waals surface area contributed by atoms with Crippen LogP contribution in [-0.4, -0.2) is 64.7 Å². The Morgan fingerprint density at radius 2 is 1.95 bits per heavy atom. The maximum absolute atomic E-state index is 12.1. The molecule has 2 amide bonds. The summed E-state index contributed by atoms with van der Waals surface area (Å²) in [6.45, 7) is 4.97.